The molecule has 112 valence electrons. The molecule has 0 saturated carbocycles. The molecule has 21 heavy (non-hydrogen) atoms. The molecule has 0 radical (unpaired) electrons. The van der Waals surface area contributed by atoms with Crippen LogP contribution in [-0.4, -0.2) is 10.9 Å². The summed E-state index contributed by atoms with van der Waals surface area (Å²) in [4.78, 5) is 14.8. The lowest BCUT2D eigenvalue weighted by Crippen LogP contribution is -2.17. The Labute approximate surface area is 126 Å². The predicted octanol–water partition coefficient (Wildman–Crippen LogP) is 4.18. The summed E-state index contributed by atoms with van der Waals surface area (Å²) in [6.45, 7) is 0. The van der Waals surface area contributed by atoms with Crippen molar-refractivity contribution in [3.05, 3.63) is 46.1 Å². The molecule has 0 aliphatic rings. The van der Waals surface area contributed by atoms with Crippen LogP contribution in [0.2, 0.25) is 10.0 Å². The highest BCUT2D eigenvalue weighted by molar-refractivity contribution is 6.42. The highest BCUT2D eigenvalue weighted by Crippen LogP contribution is 2.31. The van der Waals surface area contributed by atoms with Crippen LogP contribution in [0.25, 0.3) is 0 Å². The van der Waals surface area contributed by atoms with E-state index in [-0.39, 0.29) is 5.02 Å². The number of hydrogen-bond acceptors (Lipinski definition) is 3. The van der Waals surface area contributed by atoms with E-state index in [9.17, 15) is 18.0 Å². The summed E-state index contributed by atoms with van der Waals surface area (Å²) in [6, 6.07) is 4.30. The van der Waals surface area contributed by atoms with E-state index < -0.39 is 30.0 Å². The molecular weight excluding hydrogens is 332 g/mol. The molecule has 9 heteroatoms. The minimum absolute atomic E-state index is 0.213. The fraction of sp³-hybridized carbons (Fsp3) is 0.167. The molecular formula is C12H7Cl2F3N2O2. The number of hydrogen-bond donors (Lipinski definition) is 1. The Bertz CT molecular complexity index is 671. The Balaban J connectivity index is 2.09. The molecule has 0 atom stereocenters. The first-order valence-corrected chi connectivity index (χ1v) is 6.27. The molecule has 0 aliphatic heterocycles. The lowest BCUT2D eigenvalue weighted by atomic mass is 10.2. The summed E-state index contributed by atoms with van der Waals surface area (Å²) in [7, 11) is 0. The zero-order valence-corrected chi connectivity index (χ0v) is 11.7. The number of alkyl halides is 3. The van der Waals surface area contributed by atoms with Crippen molar-refractivity contribution < 1.29 is 22.4 Å². The van der Waals surface area contributed by atoms with E-state index in [1.807, 2.05) is 0 Å². The van der Waals surface area contributed by atoms with E-state index in [1.54, 1.807) is 0 Å². The third-order valence-corrected chi connectivity index (χ3v) is 3.17. The molecule has 0 saturated heterocycles. The molecule has 1 aromatic heterocycles. The molecule has 1 aromatic carbocycles. The largest absolute Gasteiger partial charge is 0.447 e. The number of rotatable bonds is 3. The summed E-state index contributed by atoms with van der Waals surface area (Å²) in [5, 5.41) is 2.90. The smallest absolute Gasteiger partial charge is 0.436 e. The lowest BCUT2D eigenvalue weighted by Gasteiger charge is -2.07. The first-order chi connectivity index (χ1) is 9.77. The normalized spacial score (nSPS) is 11.5. The van der Waals surface area contributed by atoms with E-state index in [4.69, 9.17) is 23.2 Å². The molecule has 0 unspecified atom stereocenters. The fourth-order valence-corrected chi connectivity index (χ4v) is 1.85. The van der Waals surface area contributed by atoms with Gasteiger partial charge in [0.05, 0.1) is 16.5 Å². The Morgan fingerprint density at radius 1 is 1.29 bits per heavy atom. The maximum atomic E-state index is 12.6. The zero-order valence-electron chi connectivity index (χ0n) is 10.2. The molecule has 2 rings (SSSR count). The van der Waals surface area contributed by atoms with Crippen LogP contribution in [0.4, 0.5) is 18.9 Å². The van der Waals surface area contributed by atoms with Gasteiger partial charge >= 0.3 is 6.18 Å². The van der Waals surface area contributed by atoms with E-state index in [0.29, 0.717) is 17.1 Å². The van der Waals surface area contributed by atoms with E-state index in [0.717, 1.165) is 0 Å². The number of aromatic nitrogens is 1. The van der Waals surface area contributed by atoms with Gasteiger partial charge in [0.2, 0.25) is 5.91 Å². The van der Waals surface area contributed by atoms with Crippen LogP contribution < -0.4 is 5.32 Å². The Kier molecular flexibility index (Phi) is 4.43. The maximum absolute atomic E-state index is 12.6. The summed E-state index contributed by atoms with van der Waals surface area (Å²) in [5.74, 6) is -1.25. The molecule has 1 heterocycles. The summed E-state index contributed by atoms with van der Waals surface area (Å²) in [6.07, 6.45) is -4.63. The predicted molar refractivity (Wildman–Crippen MR) is 70.3 cm³/mol. The van der Waals surface area contributed by atoms with E-state index in [1.165, 1.54) is 18.2 Å². The summed E-state index contributed by atoms with van der Waals surface area (Å²) < 4.78 is 42.3. The monoisotopic (exact) mass is 338 g/mol. The highest BCUT2D eigenvalue weighted by atomic mass is 35.5. The summed E-state index contributed by atoms with van der Waals surface area (Å²) >= 11 is 11.5. The Hall–Kier alpha value is -1.73. The van der Waals surface area contributed by atoms with Gasteiger partial charge in [-0.15, -0.1) is 0 Å². The number of nitrogens with zero attached hydrogens (tertiary/aromatic N) is 1. The van der Waals surface area contributed by atoms with Crippen molar-refractivity contribution in [2.45, 2.75) is 12.6 Å². The first-order valence-electron chi connectivity index (χ1n) is 5.52. The molecule has 0 fully saturated rings. The quantitative estimate of drug-likeness (QED) is 0.913. The number of benzene rings is 1. The van der Waals surface area contributed by atoms with Crippen molar-refractivity contribution in [1.29, 1.82) is 0 Å². The third kappa shape index (κ3) is 3.89. The van der Waals surface area contributed by atoms with Gasteiger partial charge in [-0.1, -0.05) is 23.2 Å². The molecule has 4 nitrogen and oxygen atoms in total. The molecule has 0 spiro atoms. The first kappa shape index (κ1) is 15.7. The number of anilines is 1. The fourth-order valence-electron chi connectivity index (χ4n) is 1.55. The van der Waals surface area contributed by atoms with Crippen molar-refractivity contribution in [1.82, 2.24) is 4.98 Å². The van der Waals surface area contributed by atoms with Gasteiger partial charge in [0.25, 0.3) is 0 Å². The van der Waals surface area contributed by atoms with Crippen LogP contribution in [0.5, 0.6) is 0 Å². The zero-order chi connectivity index (χ0) is 15.6. The topological polar surface area (TPSA) is 55.1 Å². The van der Waals surface area contributed by atoms with Gasteiger partial charge in [0.1, 0.15) is 5.76 Å². The van der Waals surface area contributed by atoms with Crippen LogP contribution in [0.3, 0.4) is 0 Å². The molecule has 0 bridgehead atoms. The van der Waals surface area contributed by atoms with Crippen LogP contribution in [0.15, 0.2) is 29.0 Å². The Morgan fingerprint density at radius 3 is 2.62 bits per heavy atom. The average molecular weight is 339 g/mol. The Morgan fingerprint density at radius 2 is 2.00 bits per heavy atom. The van der Waals surface area contributed by atoms with Crippen LogP contribution in [-0.2, 0) is 17.4 Å². The van der Waals surface area contributed by atoms with Gasteiger partial charge < -0.3 is 9.73 Å². The van der Waals surface area contributed by atoms with Crippen molar-refractivity contribution in [2.75, 3.05) is 5.32 Å². The third-order valence-electron chi connectivity index (χ3n) is 2.43. The maximum Gasteiger partial charge on any atom is 0.436 e. The standard InChI is InChI=1S/C12H7Cl2F3N2O2/c13-7-2-1-6(3-8(7)14)19-10(20)4-9-11(12(15,16)17)18-5-21-9/h1-3,5H,4H2,(H,19,20). The second kappa shape index (κ2) is 5.95. The number of carbonyl (C=O) groups is 1. The van der Waals surface area contributed by atoms with Crippen LogP contribution in [0.1, 0.15) is 11.5 Å². The van der Waals surface area contributed by atoms with Gasteiger partial charge in [-0.3, -0.25) is 4.79 Å². The lowest BCUT2D eigenvalue weighted by molar-refractivity contribution is -0.142. The van der Waals surface area contributed by atoms with Gasteiger partial charge in [-0.05, 0) is 18.2 Å². The molecule has 0 aliphatic carbocycles. The number of nitrogens with one attached hydrogen (secondary N) is 1. The minimum Gasteiger partial charge on any atom is -0.447 e. The molecule has 1 N–H and O–H groups in total. The number of carbonyl (C=O) groups excluding carboxylic acids is 1. The molecule has 2 aromatic rings. The molecule has 1 amide bonds. The van der Waals surface area contributed by atoms with Crippen molar-refractivity contribution in [3.63, 3.8) is 0 Å². The van der Waals surface area contributed by atoms with Gasteiger partial charge in [0, 0.05) is 5.69 Å². The van der Waals surface area contributed by atoms with Crippen molar-refractivity contribution in [2.24, 2.45) is 0 Å². The van der Waals surface area contributed by atoms with Gasteiger partial charge in [-0.25, -0.2) is 4.98 Å². The second-order valence-corrected chi connectivity index (χ2v) is 4.79. The average Bonchev–Trinajstić information content (AvgIpc) is 2.81. The minimum atomic E-state index is -4.67. The van der Waals surface area contributed by atoms with Crippen molar-refractivity contribution >= 4 is 34.8 Å². The van der Waals surface area contributed by atoms with Crippen LogP contribution >= 0.6 is 23.2 Å². The highest BCUT2D eigenvalue weighted by Gasteiger charge is 2.37. The number of oxazole rings is 1. The number of amides is 1. The van der Waals surface area contributed by atoms with Crippen LogP contribution in [0, 0.1) is 0 Å². The van der Waals surface area contributed by atoms with Crippen molar-refractivity contribution in [3.8, 4) is 0 Å². The second-order valence-electron chi connectivity index (χ2n) is 3.98. The number of halogens is 5. The van der Waals surface area contributed by atoms with Gasteiger partial charge in [0.15, 0.2) is 12.1 Å². The SMILES string of the molecule is O=C(Cc1ocnc1C(F)(F)F)Nc1ccc(Cl)c(Cl)c1. The van der Waals surface area contributed by atoms with E-state index in [2.05, 4.69) is 14.7 Å². The van der Waals surface area contributed by atoms with Gasteiger partial charge in [-0.2, -0.15) is 13.2 Å². The van der Waals surface area contributed by atoms with E-state index >= 15 is 0 Å². The summed E-state index contributed by atoms with van der Waals surface area (Å²) in [5.41, 5.74) is -0.908.